The van der Waals surface area contributed by atoms with Crippen molar-refractivity contribution in [2.24, 2.45) is 11.8 Å². The van der Waals surface area contributed by atoms with Crippen LogP contribution in [0.3, 0.4) is 0 Å². The Morgan fingerprint density at radius 1 is 1.25 bits per heavy atom. The first-order valence-electron chi connectivity index (χ1n) is 6.76. The van der Waals surface area contributed by atoms with Crippen molar-refractivity contribution >= 4 is 27.5 Å². The largest absolute Gasteiger partial charge is 0.396 e. The molecule has 112 valence electrons. The number of halogens is 2. The Morgan fingerprint density at radius 3 is 2.20 bits per heavy atom. The standard InChI is InChI=1S/C15H22BrFN2O/c1-9(2)7-19(8-10(3)4)15(20)11-5-14(18)13(17)6-12(11)16/h5-6,9-10H,7-8,18H2,1-4H3. The van der Waals surface area contributed by atoms with E-state index in [1.165, 1.54) is 12.1 Å². The van der Waals surface area contributed by atoms with Gasteiger partial charge in [0.25, 0.3) is 5.91 Å². The molecule has 20 heavy (non-hydrogen) atoms. The SMILES string of the molecule is CC(C)CN(CC(C)C)C(=O)c1cc(N)c(F)cc1Br. The lowest BCUT2D eigenvalue weighted by molar-refractivity contribution is 0.0714. The van der Waals surface area contributed by atoms with Gasteiger partial charge in [0.2, 0.25) is 0 Å². The summed E-state index contributed by atoms with van der Waals surface area (Å²) in [6.07, 6.45) is 0. The summed E-state index contributed by atoms with van der Waals surface area (Å²) >= 11 is 3.24. The molecule has 2 N–H and O–H groups in total. The van der Waals surface area contributed by atoms with Crippen molar-refractivity contribution in [3.63, 3.8) is 0 Å². The van der Waals surface area contributed by atoms with Crippen LogP contribution in [-0.2, 0) is 0 Å². The number of carbonyl (C=O) groups is 1. The molecule has 0 spiro atoms. The topological polar surface area (TPSA) is 46.3 Å². The van der Waals surface area contributed by atoms with Crippen LogP contribution in [0.15, 0.2) is 16.6 Å². The monoisotopic (exact) mass is 344 g/mol. The molecule has 0 heterocycles. The molecule has 1 amide bonds. The van der Waals surface area contributed by atoms with Crippen LogP contribution in [0.2, 0.25) is 0 Å². The normalized spacial score (nSPS) is 11.2. The van der Waals surface area contributed by atoms with E-state index in [0.717, 1.165) is 0 Å². The van der Waals surface area contributed by atoms with Crippen LogP contribution in [0, 0.1) is 17.7 Å². The van der Waals surface area contributed by atoms with Gasteiger partial charge in [0.1, 0.15) is 5.82 Å². The summed E-state index contributed by atoms with van der Waals surface area (Å²) in [4.78, 5) is 14.4. The van der Waals surface area contributed by atoms with E-state index in [9.17, 15) is 9.18 Å². The summed E-state index contributed by atoms with van der Waals surface area (Å²) in [6.45, 7) is 9.59. The van der Waals surface area contributed by atoms with Crippen molar-refractivity contribution in [1.82, 2.24) is 4.90 Å². The molecule has 0 aliphatic rings. The molecule has 0 saturated carbocycles. The van der Waals surface area contributed by atoms with E-state index >= 15 is 0 Å². The molecule has 0 saturated heterocycles. The second kappa shape index (κ2) is 7.07. The summed E-state index contributed by atoms with van der Waals surface area (Å²) in [5.74, 6) is 0.0993. The number of nitrogens with two attached hydrogens (primary N) is 1. The number of rotatable bonds is 5. The summed E-state index contributed by atoms with van der Waals surface area (Å²) in [5.41, 5.74) is 5.96. The van der Waals surface area contributed by atoms with Crippen molar-refractivity contribution in [3.8, 4) is 0 Å². The van der Waals surface area contributed by atoms with Gasteiger partial charge in [-0.05, 0) is 39.9 Å². The van der Waals surface area contributed by atoms with Gasteiger partial charge in [0.15, 0.2) is 0 Å². The third-order valence-electron chi connectivity index (χ3n) is 2.78. The molecular formula is C15H22BrFN2O. The molecule has 0 radical (unpaired) electrons. The van der Waals surface area contributed by atoms with E-state index in [0.29, 0.717) is 35.0 Å². The molecule has 0 bridgehead atoms. The fourth-order valence-electron chi connectivity index (χ4n) is 2.02. The highest BCUT2D eigenvalue weighted by Gasteiger charge is 2.21. The van der Waals surface area contributed by atoms with E-state index in [4.69, 9.17) is 5.73 Å². The molecule has 1 rings (SSSR count). The average molecular weight is 345 g/mol. The lowest BCUT2D eigenvalue weighted by Crippen LogP contribution is -2.37. The Labute approximate surface area is 128 Å². The van der Waals surface area contributed by atoms with Crippen molar-refractivity contribution < 1.29 is 9.18 Å². The zero-order valence-corrected chi connectivity index (χ0v) is 14.0. The number of nitrogen functional groups attached to an aromatic ring is 1. The van der Waals surface area contributed by atoms with Gasteiger partial charge in [0, 0.05) is 17.6 Å². The minimum atomic E-state index is -0.521. The van der Waals surface area contributed by atoms with Crippen LogP contribution >= 0.6 is 15.9 Å². The number of benzene rings is 1. The number of anilines is 1. The maximum atomic E-state index is 13.4. The van der Waals surface area contributed by atoms with Gasteiger partial charge in [-0.25, -0.2) is 4.39 Å². The number of carbonyl (C=O) groups excluding carboxylic acids is 1. The highest BCUT2D eigenvalue weighted by Crippen LogP contribution is 2.24. The van der Waals surface area contributed by atoms with Crippen LogP contribution in [0.4, 0.5) is 10.1 Å². The third-order valence-corrected chi connectivity index (χ3v) is 3.43. The average Bonchev–Trinajstić information content (AvgIpc) is 2.31. The van der Waals surface area contributed by atoms with E-state index < -0.39 is 5.82 Å². The van der Waals surface area contributed by atoms with Crippen LogP contribution in [0.1, 0.15) is 38.1 Å². The minimum absolute atomic E-state index is 0.00871. The Kier molecular flexibility index (Phi) is 5.99. The van der Waals surface area contributed by atoms with E-state index in [-0.39, 0.29) is 11.6 Å². The third kappa shape index (κ3) is 4.47. The predicted molar refractivity (Wildman–Crippen MR) is 84.1 cm³/mol. The van der Waals surface area contributed by atoms with E-state index in [2.05, 4.69) is 43.6 Å². The summed E-state index contributed by atoms with van der Waals surface area (Å²) in [7, 11) is 0. The van der Waals surface area contributed by atoms with Gasteiger partial charge in [-0.3, -0.25) is 4.79 Å². The van der Waals surface area contributed by atoms with Gasteiger partial charge in [-0.1, -0.05) is 27.7 Å². The summed E-state index contributed by atoms with van der Waals surface area (Å²) in [6, 6.07) is 2.64. The minimum Gasteiger partial charge on any atom is -0.396 e. The van der Waals surface area contributed by atoms with Crippen LogP contribution in [0.25, 0.3) is 0 Å². The summed E-state index contributed by atoms with van der Waals surface area (Å²) in [5, 5.41) is 0. The van der Waals surface area contributed by atoms with Gasteiger partial charge < -0.3 is 10.6 Å². The Hall–Kier alpha value is -1.10. The predicted octanol–water partition coefficient (Wildman–Crippen LogP) is 3.92. The van der Waals surface area contributed by atoms with Crippen LogP contribution in [-0.4, -0.2) is 23.9 Å². The van der Waals surface area contributed by atoms with Crippen molar-refractivity contribution in [2.75, 3.05) is 18.8 Å². The molecular weight excluding hydrogens is 323 g/mol. The molecule has 0 atom stereocenters. The molecule has 3 nitrogen and oxygen atoms in total. The molecule has 0 fully saturated rings. The first-order chi connectivity index (χ1) is 9.22. The highest BCUT2D eigenvalue weighted by molar-refractivity contribution is 9.10. The van der Waals surface area contributed by atoms with Gasteiger partial charge in [-0.15, -0.1) is 0 Å². The molecule has 5 heteroatoms. The molecule has 0 unspecified atom stereocenters. The lowest BCUT2D eigenvalue weighted by atomic mass is 10.1. The number of nitrogens with zero attached hydrogens (tertiary/aromatic N) is 1. The fraction of sp³-hybridized carbons (Fsp3) is 0.533. The molecule has 1 aromatic rings. The van der Waals surface area contributed by atoms with Gasteiger partial charge in [-0.2, -0.15) is 0 Å². The fourth-order valence-corrected chi connectivity index (χ4v) is 2.51. The first-order valence-corrected chi connectivity index (χ1v) is 7.55. The number of amides is 1. The zero-order valence-electron chi connectivity index (χ0n) is 12.4. The first kappa shape index (κ1) is 17.0. The second-order valence-corrected chi connectivity index (χ2v) is 6.71. The van der Waals surface area contributed by atoms with Crippen molar-refractivity contribution in [1.29, 1.82) is 0 Å². The maximum Gasteiger partial charge on any atom is 0.255 e. The number of hydrogen-bond acceptors (Lipinski definition) is 2. The molecule has 0 aromatic heterocycles. The second-order valence-electron chi connectivity index (χ2n) is 5.85. The number of hydrogen-bond donors (Lipinski definition) is 1. The van der Waals surface area contributed by atoms with Crippen LogP contribution in [0.5, 0.6) is 0 Å². The smallest absolute Gasteiger partial charge is 0.255 e. The molecule has 0 aliphatic carbocycles. The zero-order chi connectivity index (χ0) is 15.4. The van der Waals surface area contributed by atoms with Gasteiger partial charge in [0.05, 0.1) is 11.3 Å². The van der Waals surface area contributed by atoms with E-state index in [1.54, 1.807) is 4.90 Å². The maximum absolute atomic E-state index is 13.4. The summed E-state index contributed by atoms with van der Waals surface area (Å²) < 4.78 is 13.8. The van der Waals surface area contributed by atoms with E-state index in [1.807, 2.05) is 0 Å². The Bertz CT molecular complexity index is 479. The highest BCUT2D eigenvalue weighted by atomic mass is 79.9. The van der Waals surface area contributed by atoms with Crippen molar-refractivity contribution in [2.45, 2.75) is 27.7 Å². The Balaban J connectivity index is 3.08. The molecule has 0 aliphatic heterocycles. The van der Waals surface area contributed by atoms with Crippen molar-refractivity contribution in [3.05, 3.63) is 28.0 Å². The quantitative estimate of drug-likeness (QED) is 0.822. The molecule has 1 aromatic carbocycles. The van der Waals surface area contributed by atoms with Gasteiger partial charge >= 0.3 is 0 Å². The van der Waals surface area contributed by atoms with Crippen LogP contribution < -0.4 is 5.73 Å². The lowest BCUT2D eigenvalue weighted by Gasteiger charge is -2.27. The Morgan fingerprint density at radius 2 is 1.75 bits per heavy atom.